The average molecular weight is 658 g/mol. The number of halogens is 1. The molecule has 5 rings (SSSR count). The third-order valence-electron chi connectivity index (χ3n) is 7.73. The van der Waals surface area contributed by atoms with Gasteiger partial charge in [-0.1, -0.05) is 32.9 Å². The number of aromatic nitrogens is 3. The van der Waals surface area contributed by atoms with Crippen molar-refractivity contribution in [2.75, 3.05) is 18.4 Å². The number of likely N-dealkylation sites (tertiary alicyclic amines) is 1. The van der Waals surface area contributed by atoms with E-state index in [2.05, 4.69) is 21.7 Å². The van der Waals surface area contributed by atoms with Gasteiger partial charge in [0.05, 0.1) is 27.6 Å². The summed E-state index contributed by atoms with van der Waals surface area (Å²) in [7, 11) is 0. The first-order chi connectivity index (χ1) is 22.2. The van der Waals surface area contributed by atoms with E-state index >= 15 is 0 Å². The smallest absolute Gasteiger partial charge is 0.268 e. The zero-order valence-electron chi connectivity index (χ0n) is 27.3. The first kappa shape index (κ1) is 33.9. The van der Waals surface area contributed by atoms with Gasteiger partial charge in [0, 0.05) is 43.3 Å². The second kappa shape index (κ2) is 13.7. The summed E-state index contributed by atoms with van der Waals surface area (Å²) in [6.45, 7) is 11.2. The number of aliphatic hydroxyl groups is 1. The lowest BCUT2D eigenvalue weighted by molar-refractivity contribution is -0.127. The Balaban J connectivity index is 1.45. The molecule has 1 fully saturated rings. The van der Waals surface area contributed by atoms with Crippen LogP contribution in [0.1, 0.15) is 62.7 Å². The normalized spacial score (nSPS) is 15.7. The number of rotatable bonds is 10. The molecule has 0 radical (unpaired) electrons. The number of nitrogens with zero attached hydrogens (tertiary/aromatic N) is 5. The van der Waals surface area contributed by atoms with Crippen molar-refractivity contribution in [1.29, 1.82) is 5.26 Å². The van der Waals surface area contributed by atoms with Crippen LogP contribution in [0, 0.1) is 22.7 Å². The second-order valence-electron chi connectivity index (χ2n) is 13.6. The van der Waals surface area contributed by atoms with Gasteiger partial charge in [-0.3, -0.25) is 14.9 Å². The fraction of sp³-hybridized carbons (Fsp3) is 0.400. The number of amides is 2. The summed E-state index contributed by atoms with van der Waals surface area (Å²) in [5, 5.41) is 26.1. The minimum absolute atomic E-state index is 0.124. The van der Waals surface area contributed by atoms with Crippen LogP contribution in [0.2, 0.25) is 0 Å². The van der Waals surface area contributed by atoms with E-state index in [1.807, 2.05) is 43.5 Å². The van der Waals surface area contributed by atoms with Crippen molar-refractivity contribution in [2.45, 2.75) is 72.2 Å². The molecule has 3 aromatic heterocycles. The van der Waals surface area contributed by atoms with E-state index in [0.717, 1.165) is 28.8 Å². The first-order valence-corrected chi connectivity index (χ1v) is 16.4. The summed E-state index contributed by atoms with van der Waals surface area (Å²) in [5.74, 6) is -0.917. The molecule has 0 saturated carbocycles. The zero-order chi connectivity index (χ0) is 33.9. The van der Waals surface area contributed by atoms with Gasteiger partial charge in [0.1, 0.15) is 11.6 Å². The highest BCUT2D eigenvalue weighted by Gasteiger charge is 2.33. The van der Waals surface area contributed by atoms with Gasteiger partial charge in [-0.15, -0.1) is 11.3 Å². The maximum atomic E-state index is 13.7. The number of benzene rings is 1. The third kappa shape index (κ3) is 8.48. The Labute approximate surface area is 277 Å². The number of fused-ring (bicyclic) bond motifs is 1. The molecule has 1 atom stereocenters. The molecule has 12 heteroatoms. The van der Waals surface area contributed by atoms with Crippen LogP contribution in [0.3, 0.4) is 0 Å². The summed E-state index contributed by atoms with van der Waals surface area (Å²) in [5.41, 5.74) is 1.98. The molecule has 0 bridgehead atoms. The number of nitrogens with one attached hydrogen (secondary N) is 2. The number of carbonyl (C=O) groups excluding carboxylic acids is 2. The highest BCUT2D eigenvalue weighted by atomic mass is 32.1. The van der Waals surface area contributed by atoms with Gasteiger partial charge in [-0.05, 0) is 73.6 Å². The van der Waals surface area contributed by atoms with Crippen molar-refractivity contribution in [3.63, 3.8) is 0 Å². The molecule has 10 nitrogen and oxygen atoms in total. The highest BCUT2D eigenvalue weighted by molar-refractivity contribution is 7.17. The lowest BCUT2D eigenvalue weighted by Crippen LogP contribution is -2.39. The summed E-state index contributed by atoms with van der Waals surface area (Å²) in [6.07, 6.45) is 4.63. The van der Waals surface area contributed by atoms with Crippen molar-refractivity contribution < 1.29 is 19.1 Å². The molecule has 1 saturated heterocycles. The number of imidazole rings is 1. The van der Waals surface area contributed by atoms with Gasteiger partial charge in [-0.2, -0.15) is 9.65 Å². The van der Waals surface area contributed by atoms with Gasteiger partial charge in [0.15, 0.2) is 0 Å². The predicted octanol–water partition coefficient (Wildman–Crippen LogP) is 5.90. The molecule has 1 aliphatic heterocycles. The van der Waals surface area contributed by atoms with Crippen molar-refractivity contribution in [3.05, 3.63) is 76.7 Å². The van der Waals surface area contributed by atoms with E-state index < -0.39 is 11.5 Å². The molecule has 0 aliphatic carbocycles. The Bertz CT molecular complexity index is 1860. The predicted molar refractivity (Wildman–Crippen MR) is 181 cm³/mol. The van der Waals surface area contributed by atoms with Crippen LogP contribution in [-0.4, -0.2) is 61.1 Å². The second-order valence-corrected chi connectivity index (χ2v) is 14.7. The molecule has 246 valence electrons. The molecule has 0 spiro atoms. The summed E-state index contributed by atoms with van der Waals surface area (Å²) < 4.78 is 15.6. The lowest BCUT2D eigenvalue weighted by atomic mass is 9.93. The fourth-order valence-corrected chi connectivity index (χ4v) is 6.54. The number of thiophene rings is 1. The maximum Gasteiger partial charge on any atom is 0.268 e. The van der Waals surface area contributed by atoms with Gasteiger partial charge in [-0.25, -0.2) is 9.97 Å². The van der Waals surface area contributed by atoms with E-state index in [1.54, 1.807) is 43.0 Å². The standard InChI is InChI=1S/C35H40FN7O3S/c1-34(2,3)17-24(18-37)32(45)42-14-6-7-25(42)20-43-27-9-8-22(19-38-21-35(4,5)46)15-26(27)40-33(43)41-31(44)29-11-10-28(47-29)23-12-13-39-30(36)16-23/h8-13,15-17,25,38,46H,6-7,14,19-21H2,1-5H3,(H,40,41,44). The molecule has 1 aromatic carbocycles. The Kier molecular flexibility index (Phi) is 9.91. The Hall–Kier alpha value is -4.44. The molecule has 4 heterocycles. The van der Waals surface area contributed by atoms with Crippen LogP contribution in [0.15, 0.2) is 60.3 Å². The lowest BCUT2D eigenvalue weighted by Gasteiger charge is -2.26. The maximum absolute atomic E-state index is 13.7. The van der Waals surface area contributed by atoms with Gasteiger partial charge in [0.2, 0.25) is 11.9 Å². The Morgan fingerprint density at radius 2 is 1.96 bits per heavy atom. The number of carbonyl (C=O) groups is 2. The number of hydrogen-bond acceptors (Lipinski definition) is 8. The van der Waals surface area contributed by atoms with Crippen LogP contribution in [0.4, 0.5) is 10.3 Å². The van der Waals surface area contributed by atoms with Crippen LogP contribution in [0.25, 0.3) is 21.5 Å². The van der Waals surface area contributed by atoms with Crippen LogP contribution in [0.5, 0.6) is 0 Å². The van der Waals surface area contributed by atoms with Crippen LogP contribution < -0.4 is 10.6 Å². The van der Waals surface area contributed by atoms with E-state index in [1.165, 1.54) is 23.6 Å². The number of anilines is 1. The molecule has 2 amide bonds. The molecule has 3 N–H and O–H groups in total. The van der Waals surface area contributed by atoms with Crippen molar-refractivity contribution in [2.24, 2.45) is 5.41 Å². The molecule has 47 heavy (non-hydrogen) atoms. The largest absolute Gasteiger partial charge is 0.389 e. The molecular weight excluding hydrogens is 617 g/mol. The highest BCUT2D eigenvalue weighted by Crippen LogP contribution is 2.31. The topological polar surface area (TPSA) is 136 Å². The molecule has 1 aliphatic rings. The van der Waals surface area contributed by atoms with E-state index in [0.29, 0.717) is 48.1 Å². The van der Waals surface area contributed by atoms with Gasteiger partial charge < -0.3 is 19.9 Å². The molecule has 4 aromatic rings. The van der Waals surface area contributed by atoms with Crippen LogP contribution in [-0.2, 0) is 17.9 Å². The van der Waals surface area contributed by atoms with Gasteiger partial charge in [0.25, 0.3) is 11.8 Å². The van der Waals surface area contributed by atoms with E-state index in [4.69, 9.17) is 4.98 Å². The van der Waals surface area contributed by atoms with Crippen molar-refractivity contribution >= 4 is 40.1 Å². The number of pyridine rings is 1. The molecular formula is C35H40FN7O3S. The van der Waals surface area contributed by atoms with Gasteiger partial charge >= 0.3 is 0 Å². The van der Waals surface area contributed by atoms with Crippen LogP contribution >= 0.6 is 11.3 Å². The Morgan fingerprint density at radius 3 is 2.66 bits per heavy atom. The third-order valence-corrected chi connectivity index (χ3v) is 8.86. The number of allylic oxidation sites excluding steroid dienone is 1. The van der Waals surface area contributed by atoms with Crippen molar-refractivity contribution in [3.8, 4) is 16.5 Å². The summed E-state index contributed by atoms with van der Waals surface area (Å²) in [6, 6.07) is 14.2. The SMILES string of the molecule is CC(C)(C)C=C(C#N)C(=O)N1CCCC1Cn1c(NC(=O)c2ccc(-c3ccnc(F)c3)s2)nc2cc(CNCC(C)(C)O)ccc21. The summed E-state index contributed by atoms with van der Waals surface area (Å²) in [4.78, 5) is 38.4. The zero-order valence-corrected chi connectivity index (χ0v) is 28.1. The minimum Gasteiger partial charge on any atom is -0.389 e. The number of nitriles is 1. The quantitative estimate of drug-likeness (QED) is 0.110. The minimum atomic E-state index is -0.853. The number of hydrogen-bond donors (Lipinski definition) is 3. The fourth-order valence-electron chi connectivity index (χ4n) is 5.65. The van der Waals surface area contributed by atoms with Crippen molar-refractivity contribution in [1.82, 2.24) is 24.8 Å². The molecule has 1 unspecified atom stereocenters. The summed E-state index contributed by atoms with van der Waals surface area (Å²) >= 11 is 1.23. The Morgan fingerprint density at radius 1 is 1.17 bits per heavy atom. The first-order valence-electron chi connectivity index (χ1n) is 15.6. The van der Waals surface area contributed by atoms with E-state index in [-0.39, 0.29) is 28.8 Å². The van der Waals surface area contributed by atoms with E-state index in [9.17, 15) is 24.3 Å². The monoisotopic (exact) mass is 657 g/mol. The average Bonchev–Trinajstić information content (AvgIpc) is 3.74.